The molecule has 2 aromatic heterocycles. The summed E-state index contributed by atoms with van der Waals surface area (Å²) in [5.74, 6) is 1.50. The predicted molar refractivity (Wildman–Crippen MR) is 134 cm³/mol. The Morgan fingerprint density at radius 2 is 1.69 bits per heavy atom. The summed E-state index contributed by atoms with van der Waals surface area (Å²) in [6.45, 7) is -0.296. The quantitative estimate of drug-likeness (QED) is 0.309. The van der Waals surface area contributed by atoms with E-state index in [-0.39, 0.29) is 23.8 Å². The average molecular weight is 482 g/mol. The van der Waals surface area contributed by atoms with Crippen molar-refractivity contribution in [2.24, 2.45) is 0 Å². The minimum atomic E-state index is -0.296. The van der Waals surface area contributed by atoms with Crippen LogP contribution in [0.25, 0.3) is 22.4 Å². The van der Waals surface area contributed by atoms with Gasteiger partial charge < -0.3 is 18.9 Å². The molecule has 0 saturated heterocycles. The maximum atomic E-state index is 12.8. The van der Waals surface area contributed by atoms with Crippen LogP contribution in [0, 0.1) is 11.3 Å². The Bertz CT molecular complexity index is 1410. The van der Waals surface area contributed by atoms with Gasteiger partial charge in [-0.1, -0.05) is 6.07 Å². The molecule has 0 atom stereocenters. The number of Topliss-reactive ketones (excluding diaryl/α,β-unsaturated/α-hetero) is 1. The van der Waals surface area contributed by atoms with Gasteiger partial charge in [-0.15, -0.1) is 0 Å². The Morgan fingerprint density at radius 1 is 0.917 bits per heavy atom. The van der Waals surface area contributed by atoms with E-state index in [1.165, 1.54) is 0 Å². The number of ketones is 1. The largest absolute Gasteiger partial charge is 0.497 e. The van der Waals surface area contributed by atoms with Crippen LogP contribution in [0.2, 0.25) is 0 Å². The van der Waals surface area contributed by atoms with E-state index in [0.29, 0.717) is 39.6 Å². The fourth-order valence-corrected chi connectivity index (χ4v) is 3.62. The average Bonchev–Trinajstić information content (AvgIpc) is 2.95. The number of rotatable bonds is 9. The van der Waals surface area contributed by atoms with Gasteiger partial charge in [0.1, 0.15) is 17.4 Å². The third-order valence-corrected chi connectivity index (χ3v) is 5.50. The summed E-state index contributed by atoms with van der Waals surface area (Å²) >= 11 is 0. The monoisotopic (exact) mass is 481 g/mol. The van der Waals surface area contributed by atoms with Crippen molar-refractivity contribution in [3.63, 3.8) is 0 Å². The van der Waals surface area contributed by atoms with Crippen molar-refractivity contribution in [3.05, 3.63) is 84.2 Å². The molecule has 0 unspecified atom stereocenters. The highest BCUT2D eigenvalue weighted by Gasteiger charge is 2.19. The molecule has 4 rings (SSSR count). The van der Waals surface area contributed by atoms with Crippen LogP contribution in [0.1, 0.15) is 15.9 Å². The molecule has 0 aliphatic rings. The van der Waals surface area contributed by atoms with Gasteiger partial charge in [0.15, 0.2) is 23.9 Å². The molecular weight excluding hydrogens is 458 g/mol. The Balaban J connectivity index is 1.76. The highest BCUT2D eigenvalue weighted by molar-refractivity contribution is 5.97. The number of carbonyl (C=O) groups excluding carboxylic acids is 1. The van der Waals surface area contributed by atoms with Crippen molar-refractivity contribution < 1.29 is 23.7 Å². The SMILES string of the molecule is COc1ccc(C(=O)COc2nc(-c3cccnc3)cc(-c3ccc(OC)c(OC)c3)c2C#N)cc1. The number of ether oxygens (including phenoxy) is 4. The Labute approximate surface area is 208 Å². The zero-order valence-corrected chi connectivity index (χ0v) is 20.0. The summed E-state index contributed by atoms with van der Waals surface area (Å²) in [5, 5.41) is 10.1. The standard InChI is InChI=1S/C28H23N3O5/c1-33-21-9-6-18(7-10-21)25(32)17-36-28-23(15-29)22(14-24(31-28)20-5-4-12-30-16-20)19-8-11-26(34-2)27(13-19)35-3/h4-14,16H,17H2,1-3H3. The van der Waals surface area contributed by atoms with Crippen LogP contribution in [0.5, 0.6) is 23.1 Å². The molecule has 0 saturated carbocycles. The Kier molecular flexibility index (Phi) is 7.42. The maximum Gasteiger partial charge on any atom is 0.233 e. The highest BCUT2D eigenvalue weighted by Crippen LogP contribution is 2.37. The highest BCUT2D eigenvalue weighted by atomic mass is 16.5. The zero-order chi connectivity index (χ0) is 25.5. The number of nitriles is 1. The fraction of sp³-hybridized carbons (Fsp3) is 0.143. The molecule has 0 bridgehead atoms. The van der Waals surface area contributed by atoms with Crippen LogP contribution in [-0.2, 0) is 0 Å². The van der Waals surface area contributed by atoms with Gasteiger partial charge in [0.25, 0.3) is 0 Å². The normalized spacial score (nSPS) is 10.3. The third kappa shape index (κ3) is 5.10. The fourth-order valence-electron chi connectivity index (χ4n) is 3.62. The number of benzene rings is 2. The van der Waals surface area contributed by atoms with E-state index in [1.807, 2.05) is 12.1 Å². The van der Waals surface area contributed by atoms with Gasteiger partial charge in [-0.25, -0.2) is 4.98 Å². The van der Waals surface area contributed by atoms with Crippen molar-refractivity contribution in [3.8, 4) is 51.6 Å². The number of methoxy groups -OCH3 is 3. The van der Waals surface area contributed by atoms with E-state index in [9.17, 15) is 10.1 Å². The van der Waals surface area contributed by atoms with E-state index in [4.69, 9.17) is 18.9 Å². The molecule has 36 heavy (non-hydrogen) atoms. The molecule has 180 valence electrons. The zero-order valence-electron chi connectivity index (χ0n) is 20.0. The van der Waals surface area contributed by atoms with Crippen LogP contribution < -0.4 is 18.9 Å². The van der Waals surface area contributed by atoms with Gasteiger partial charge in [-0.3, -0.25) is 9.78 Å². The van der Waals surface area contributed by atoms with E-state index in [1.54, 1.807) is 82.3 Å². The Morgan fingerprint density at radius 3 is 2.33 bits per heavy atom. The number of carbonyl (C=O) groups is 1. The Hall–Kier alpha value is -4.90. The van der Waals surface area contributed by atoms with E-state index < -0.39 is 0 Å². The lowest BCUT2D eigenvalue weighted by Crippen LogP contribution is -2.13. The van der Waals surface area contributed by atoms with Gasteiger partial charge in [0.05, 0.1) is 27.0 Å². The van der Waals surface area contributed by atoms with Crippen LogP contribution in [0.15, 0.2) is 73.1 Å². The third-order valence-electron chi connectivity index (χ3n) is 5.50. The molecule has 0 N–H and O–H groups in total. The number of aromatic nitrogens is 2. The second-order valence-electron chi connectivity index (χ2n) is 7.60. The van der Waals surface area contributed by atoms with E-state index in [2.05, 4.69) is 16.0 Å². The topological polar surface area (TPSA) is 104 Å². The maximum absolute atomic E-state index is 12.8. The second-order valence-corrected chi connectivity index (χ2v) is 7.60. The molecule has 2 aromatic carbocycles. The van der Waals surface area contributed by atoms with Gasteiger partial charge >= 0.3 is 0 Å². The second kappa shape index (κ2) is 11.0. The molecule has 0 aliphatic heterocycles. The van der Waals surface area contributed by atoms with Crippen LogP contribution in [0.4, 0.5) is 0 Å². The molecule has 0 aliphatic carbocycles. The van der Waals surface area contributed by atoms with Crippen molar-refractivity contribution >= 4 is 5.78 Å². The van der Waals surface area contributed by atoms with Gasteiger partial charge in [-0.05, 0) is 60.2 Å². The van der Waals surface area contributed by atoms with Crippen molar-refractivity contribution in [1.29, 1.82) is 5.26 Å². The van der Waals surface area contributed by atoms with Crippen LogP contribution in [0.3, 0.4) is 0 Å². The van der Waals surface area contributed by atoms with Crippen LogP contribution in [-0.4, -0.2) is 43.7 Å². The summed E-state index contributed by atoms with van der Waals surface area (Å²) < 4.78 is 21.8. The molecule has 8 heteroatoms. The molecule has 0 fully saturated rings. The molecule has 2 heterocycles. The lowest BCUT2D eigenvalue weighted by molar-refractivity contribution is 0.0918. The summed E-state index contributed by atoms with van der Waals surface area (Å²) in [6, 6.07) is 19.7. The lowest BCUT2D eigenvalue weighted by Gasteiger charge is -2.15. The summed E-state index contributed by atoms with van der Waals surface area (Å²) in [7, 11) is 4.65. The number of nitrogens with zero attached hydrogens (tertiary/aromatic N) is 3. The number of hydrogen-bond acceptors (Lipinski definition) is 8. The first-order chi connectivity index (χ1) is 17.6. The number of pyridine rings is 2. The molecule has 4 aromatic rings. The van der Waals surface area contributed by atoms with Gasteiger partial charge in [0.2, 0.25) is 5.88 Å². The number of hydrogen-bond donors (Lipinski definition) is 0. The molecule has 0 radical (unpaired) electrons. The molecule has 8 nitrogen and oxygen atoms in total. The van der Waals surface area contributed by atoms with Crippen molar-refractivity contribution in [1.82, 2.24) is 9.97 Å². The molecule has 0 spiro atoms. The smallest absolute Gasteiger partial charge is 0.233 e. The van der Waals surface area contributed by atoms with E-state index >= 15 is 0 Å². The molecule has 0 amide bonds. The minimum Gasteiger partial charge on any atom is -0.497 e. The van der Waals surface area contributed by atoms with Crippen molar-refractivity contribution in [2.45, 2.75) is 0 Å². The first kappa shape index (κ1) is 24.2. The minimum absolute atomic E-state index is 0.0468. The van der Waals surface area contributed by atoms with E-state index in [0.717, 1.165) is 5.56 Å². The first-order valence-corrected chi connectivity index (χ1v) is 11.0. The summed E-state index contributed by atoms with van der Waals surface area (Å²) in [4.78, 5) is 21.5. The summed E-state index contributed by atoms with van der Waals surface area (Å²) in [6.07, 6.45) is 3.33. The predicted octanol–water partition coefficient (Wildman–Crippen LogP) is 4.97. The lowest BCUT2D eigenvalue weighted by atomic mass is 9.98. The first-order valence-electron chi connectivity index (χ1n) is 11.0. The van der Waals surface area contributed by atoms with Crippen molar-refractivity contribution in [2.75, 3.05) is 27.9 Å². The molecular formula is C28H23N3O5. The summed E-state index contributed by atoms with van der Waals surface area (Å²) in [5.41, 5.74) is 3.19. The van der Waals surface area contributed by atoms with Crippen LogP contribution >= 0.6 is 0 Å². The van der Waals surface area contributed by atoms with Gasteiger partial charge in [-0.2, -0.15) is 5.26 Å². The van der Waals surface area contributed by atoms with Gasteiger partial charge in [0, 0.05) is 29.1 Å².